The zero-order chi connectivity index (χ0) is 14.8. The van der Waals surface area contributed by atoms with Crippen LogP contribution in [0.25, 0.3) is 0 Å². The van der Waals surface area contributed by atoms with Crippen molar-refractivity contribution >= 4 is 12.0 Å². The lowest BCUT2D eigenvalue weighted by Gasteiger charge is -2.37. The Bertz CT molecular complexity index is 385. The van der Waals surface area contributed by atoms with Crippen LogP contribution in [0.3, 0.4) is 0 Å². The van der Waals surface area contributed by atoms with E-state index < -0.39 is 11.5 Å². The van der Waals surface area contributed by atoms with Gasteiger partial charge >= 0.3 is 12.0 Å². The van der Waals surface area contributed by atoms with Gasteiger partial charge in [0.05, 0.1) is 0 Å². The van der Waals surface area contributed by atoms with Crippen molar-refractivity contribution in [3.8, 4) is 0 Å². The molecule has 2 aliphatic rings. The van der Waals surface area contributed by atoms with Gasteiger partial charge in [0.1, 0.15) is 5.54 Å². The van der Waals surface area contributed by atoms with Gasteiger partial charge in [0.15, 0.2) is 0 Å². The number of amides is 2. The van der Waals surface area contributed by atoms with Crippen LogP contribution in [0.15, 0.2) is 0 Å². The van der Waals surface area contributed by atoms with E-state index in [1.165, 1.54) is 6.42 Å². The van der Waals surface area contributed by atoms with Crippen molar-refractivity contribution in [2.24, 2.45) is 5.92 Å². The Morgan fingerprint density at radius 3 is 2.60 bits per heavy atom. The number of likely N-dealkylation sites (tertiary alicyclic amines) is 1. The summed E-state index contributed by atoms with van der Waals surface area (Å²) >= 11 is 0. The molecular weight excluding hydrogens is 256 g/mol. The van der Waals surface area contributed by atoms with Crippen molar-refractivity contribution < 1.29 is 14.7 Å². The predicted molar refractivity (Wildman–Crippen MR) is 76.5 cm³/mol. The van der Waals surface area contributed by atoms with Gasteiger partial charge < -0.3 is 15.3 Å². The molecule has 2 rings (SSSR count). The number of hydrogen-bond acceptors (Lipinski definition) is 2. The molecule has 3 atom stereocenters. The summed E-state index contributed by atoms with van der Waals surface area (Å²) in [4.78, 5) is 25.6. The maximum absolute atomic E-state index is 12.5. The predicted octanol–water partition coefficient (Wildman–Crippen LogP) is 2.60. The van der Waals surface area contributed by atoms with Gasteiger partial charge in [0.25, 0.3) is 0 Å². The molecule has 1 saturated heterocycles. The minimum absolute atomic E-state index is 0.189. The van der Waals surface area contributed by atoms with E-state index in [1.54, 1.807) is 4.90 Å². The fraction of sp³-hybridized carbons (Fsp3) is 0.867. The molecule has 0 spiro atoms. The Morgan fingerprint density at radius 2 is 2.00 bits per heavy atom. The summed E-state index contributed by atoms with van der Waals surface area (Å²) in [7, 11) is 0. The number of carbonyl (C=O) groups is 2. The number of urea groups is 1. The molecule has 1 saturated carbocycles. The lowest BCUT2D eigenvalue weighted by atomic mass is 9.86. The highest BCUT2D eigenvalue weighted by molar-refractivity contribution is 5.87. The van der Waals surface area contributed by atoms with Gasteiger partial charge in [-0.15, -0.1) is 0 Å². The normalized spacial score (nSPS) is 34.0. The second-order valence-corrected chi connectivity index (χ2v) is 6.26. The Morgan fingerprint density at radius 1 is 1.30 bits per heavy atom. The first-order valence-electron chi connectivity index (χ1n) is 7.83. The van der Waals surface area contributed by atoms with E-state index >= 15 is 0 Å². The number of nitrogens with zero attached hydrogens (tertiary/aromatic N) is 1. The monoisotopic (exact) mass is 282 g/mol. The average molecular weight is 282 g/mol. The molecule has 1 heterocycles. The third-order valence-corrected chi connectivity index (χ3v) is 5.14. The number of nitrogens with one attached hydrogen (secondary N) is 1. The van der Waals surface area contributed by atoms with Crippen LogP contribution >= 0.6 is 0 Å². The van der Waals surface area contributed by atoms with Gasteiger partial charge in [-0.05, 0) is 38.0 Å². The Labute approximate surface area is 120 Å². The maximum Gasteiger partial charge on any atom is 0.329 e. The highest BCUT2D eigenvalue weighted by atomic mass is 16.4. The van der Waals surface area contributed by atoms with Crippen molar-refractivity contribution in [1.82, 2.24) is 10.2 Å². The van der Waals surface area contributed by atoms with E-state index in [4.69, 9.17) is 0 Å². The van der Waals surface area contributed by atoms with Crippen molar-refractivity contribution in [2.45, 2.75) is 70.4 Å². The first-order valence-corrected chi connectivity index (χ1v) is 7.83. The summed E-state index contributed by atoms with van der Waals surface area (Å²) in [5.74, 6) is -0.388. The fourth-order valence-electron chi connectivity index (χ4n) is 3.68. The maximum atomic E-state index is 12.5. The molecule has 0 bridgehead atoms. The summed E-state index contributed by atoms with van der Waals surface area (Å²) in [5.41, 5.74) is -0.998. The van der Waals surface area contributed by atoms with E-state index in [0.29, 0.717) is 25.3 Å². The number of hydrogen-bond donors (Lipinski definition) is 2. The molecule has 2 N–H and O–H groups in total. The fourth-order valence-corrected chi connectivity index (χ4v) is 3.68. The zero-order valence-corrected chi connectivity index (χ0v) is 12.5. The zero-order valence-electron chi connectivity index (χ0n) is 12.5. The van der Waals surface area contributed by atoms with Gasteiger partial charge in [-0.3, -0.25) is 0 Å². The first-order chi connectivity index (χ1) is 9.51. The second-order valence-electron chi connectivity index (χ2n) is 6.26. The van der Waals surface area contributed by atoms with E-state index in [9.17, 15) is 14.7 Å². The lowest BCUT2D eigenvalue weighted by Crippen LogP contribution is -2.57. The van der Waals surface area contributed by atoms with Crippen LogP contribution in [0.5, 0.6) is 0 Å². The van der Waals surface area contributed by atoms with Crippen LogP contribution < -0.4 is 5.32 Å². The Balaban J connectivity index is 2.06. The molecule has 2 fully saturated rings. The summed E-state index contributed by atoms with van der Waals surface area (Å²) < 4.78 is 0. The average Bonchev–Trinajstić information content (AvgIpc) is 2.86. The van der Waals surface area contributed by atoms with Gasteiger partial charge in [-0.2, -0.15) is 0 Å². The van der Waals surface area contributed by atoms with Crippen LogP contribution in [0.1, 0.15) is 58.8 Å². The van der Waals surface area contributed by atoms with E-state index in [0.717, 1.165) is 25.7 Å². The molecule has 5 heteroatoms. The van der Waals surface area contributed by atoms with Crippen molar-refractivity contribution in [3.05, 3.63) is 0 Å². The minimum Gasteiger partial charge on any atom is -0.479 e. The number of carboxylic acids is 1. The number of carboxylic acid groups (broad SMARTS) is 1. The number of rotatable bonds is 3. The molecule has 0 aromatic carbocycles. The molecule has 0 aromatic rings. The van der Waals surface area contributed by atoms with Gasteiger partial charge in [-0.25, -0.2) is 9.59 Å². The third kappa shape index (κ3) is 2.63. The van der Waals surface area contributed by atoms with Crippen LogP contribution in [0.4, 0.5) is 4.79 Å². The Kier molecular flexibility index (Phi) is 4.55. The van der Waals surface area contributed by atoms with Gasteiger partial charge in [0, 0.05) is 12.6 Å². The van der Waals surface area contributed by atoms with Crippen molar-refractivity contribution in [3.63, 3.8) is 0 Å². The van der Waals surface area contributed by atoms with Crippen LogP contribution in [-0.2, 0) is 4.79 Å². The molecule has 1 aliphatic heterocycles. The lowest BCUT2D eigenvalue weighted by molar-refractivity contribution is -0.148. The molecule has 3 unspecified atom stereocenters. The van der Waals surface area contributed by atoms with Crippen molar-refractivity contribution in [2.75, 3.05) is 6.54 Å². The number of carbonyl (C=O) groups excluding carboxylic acids is 1. The van der Waals surface area contributed by atoms with E-state index in [2.05, 4.69) is 12.2 Å². The molecule has 0 radical (unpaired) electrons. The SMILES string of the molecule is CCC1(C(=O)O)CCCN1C(=O)NC1CCCCC1C. The second kappa shape index (κ2) is 6.02. The highest BCUT2D eigenvalue weighted by Crippen LogP contribution is 2.33. The largest absolute Gasteiger partial charge is 0.479 e. The topological polar surface area (TPSA) is 69.6 Å². The molecule has 2 amide bonds. The third-order valence-electron chi connectivity index (χ3n) is 5.14. The quantitative estimate of drug-likeness (QED) is 0.836. The van der Waals surface area contributed by atoms with Crippen LogP contribution in [-0.4, -0.2) is 40.1 Å². The first kappa shape index (κ1) is 15.1. The van der Waals surface area contributed by atoms with Crippen molar-refractivity contribution in [1.29, 1.82) is 0 Å². The van der Waals surface area contributed by atoms with Gasteiger partial charge in [0.2, 0.25) is 0 Å². The molecule has 0 aromatic heterocycles. The number of aliphatic carboxylic acids is 1. The van der Waals surface area contributed by atoms with E-state index in [-0.39, 0.29) is 12.1 Å². The smallest absolute Gasteiger partial charge is 0.329 e. The molecule has 114 valence electrons. The summed E-state index contributed by atoms with van der Waals surface area (Å²) in [6, 6.07) is 0.00528. The molecule has 20 heavy (non-hydrogen) atoms. The van der Waals surface area contributed by atoms with Gasteiger partial charge in [-0.1, -0.05) is 26.7 Å². The standard InChI is InChI=1S/C15H26N2O3/c1-3-15(13(18)19)9-6-10-17(15)14(20)16-12-8-5-4-7-11(12)2/h11-12H,3-10H2,1-2H3,(H,16,20)(H,18,19). The summed E-state index contributed by atoms with van der Waals surface area (Å²) in [6.45, 7) is 4.56. The summed E-state index contributed by atoms with van der Waals surface area (Å²) in [6.07, 6.45) is 6.32. The highest BCUT2D eigenvalue weighted by Gasteiger charge is 2.49. The Hall–Kier alpha value is -1.26. The van der Waals surface area contributed by atoms with Crippen LogP contribution in [0.2, 0.25) is 0 Å². The van der Waals surface area contributed by atoms with E-state index in [1.807, 2.05) is 6.92 Å². The van der Waals surface area contributed by atoms with Crippen LogP contribution in [0, 0.1) is 5.92 Å². The summed E-state index contributed by atoms with van der Waals surface area (Å²) in [5, 5.41) is 12.6. The molecule has 1 aliphatic carbocycles. The molecular formula is C15H26N2O3. The molecule has 5 nitrogen and oxygen atoms in total. The minimum atomic E-state index is -0.998.